The fourth-order valence-corrected chi connectivity index (χ4v) is 9.39. The van der Waals surface area contributed by atoms with Crippen LogP contribution < -0.4 is 25.7 Å². The summed E-state index contributed by atoms with van der Waals surface area (Å²) in [5, 5.41) is 15.2. The number of methoxy groups -OCH3 is 2. The molecule has 2 aromatic carbocycles. The number of hydrogen-bond donors (Lipinski definition) is 3. The standard InChI is InChI=1S/C40H43F2N7O5S/c1-47-18-29(28-16-43-46-37(28)39(47)52)24-14-33(53-2)30(34(15-24)54-3)19-48-12-10-27-25(21-55-35(27)20-48)17-49-13-11-31(40(41,42)22-49)23-4-6-26(7-5-23)44-32-8-9-36(50)45-38(32)51/h4-7,14-16,18,21,31-32,44H,8-13,17,19-20,22H2,1-3H3,(H,43,46)(H,45,50,51). The quantitative estimate of drug-likeness (QED) is 0.160. The topological polar surface area (TPSA) is 134 Å². The lowest BCUT2D eigenvalue weighted by Crippen LogP contribution is -2.47. The molecule has 2 unspecified atom stereocenters. The SMILES string of the molecule is COc1cc(-c2cn(C)c(=O)c3[nH]ncc23)cc(OC)c1CN1CCc2c(CN3CCC(c4ccc(NC5CCC(=O)NC5=O)cc4)C(F)(F)C3)csc2C1. The number of fused-ring (bicyclic) bond motifs is 2. The lowest BCUT2D eigenvalue weighted by molar-refractivity contribution is -0.133. The maximum Gasteiger partial charge on any atom is 0.276 e. The number of hydrogen-bond acceptors (Lipinski definition) is 10. The first-order valence-corrected chi connectivity index (χ1v) is 19.3. The van der Waals surface area contributed by atoms with Gasteiger partial charge in [-0.3, -0.25) is 34.6 Å². The number of thiophene rings is 1. The van der Waals surface area contributed by atoms with Gasteiger partial charge in [-0.1, -0.05) is 12.1 Å². The zero-order chi connectivity index (χ0) is 38.4. The molecule has 3 N–H and O–H groups in total. The minimum Gasteiger partial charge on any atom is -0.496 e. The molecule has 288 valence electrons. The van der Waals surface area contributed by atoms with Crippen molar-refractivity contribution in [3.05, 3.63) is 91.7 Å². The van der Waals surface area contributed by atoms with E-state index in [0.717, 1.165) is 47.2 Å². The average Bonchev–Trinajstić information content (AvgIpc) is 3.82. The monoisotopic (exact) mass is 771 g/mol. The second kappa shape index (κ2) is 14.8. The molecule has 2 fully saturated rings. The van der Waals surface area contributed by atoms with Crippen molar-refractivity contribution in [3.8, 4) is 22.6 Å². The molecule has 2 saturated heterocycles. The summed E-state index contributed by atoms with van der Waals surface area (Å²) in [7, 11) is 4.99. The number of nitrogens with zero attached hydrogens (tertiary/aromatic N) is 4. The van der Waals surface area contributed by atoms with Crippen molar-refractivity contribution in [2.75, 3.05) is 39.2 Å². The zero-order valence-electron chi connectivity index (χ0n) is 30.9. The van der Waals surface area contributed by atoms with E-state index in [2.05, 4.69) is 31.1 Å². The molecule has 0 bridgehead atoms. The third-order valence-corrected chi connectivity index (χ3v) is 12.2. The molecule has 15 heteroatoms. The van der Waals surface area contributed by atoms with Crippen LogP contribution in [0.3, 0.4) is 0 Å². The Morgan fingerprint density at radius 1 is 1.00 bits per heavy atom. The maximum atomic E-state index is 15.7. The van der Waals surface area contributed by atoms with Gasteiger partial charge >= 0.3 is 0 Å². The summed E-state index contributed by atoms with van der Waals surface area (Å²) in [6, 6.07) is 10.3. The van der Waals surface area contributed by atoms with Crippen LogP contribution in [0.1, 0.15) is 52.3 Å². The average molecular weight is 772 g/mol. The number of aromatic amines is 1. The lowest BCUT2D eigenvalue weighted by atomic mass is 9.86. The van der Waals surface area contributed by atoms with Gasteiger partial charge in [0.15, 0.2) is 0 Å². The Hall–Kier alpha value is -5.12. The van der Waals surface area contributed by atoms with E-state index in [1.54, 1.807) is 69.3 Å². The highest BCUT2D eigenvalue weighted by molar-refractivity contribution is 7.10. The van der Waals surface area contributed by atoms with Crippen molar-refractivity contribution in [3.63, 3.8) is 0 Å². The molecule has 0 radical (unpaired) electrons. The number of halogens is 2. The molecule has 12 nitrogen and oxygen atoms in total. The number of rotatable bonds is 10. The smallest absolute Gasteiger partial charge is 0.276 e. The van der Waals surface area contributed by atoms with Crippen molar-refractivity contribution < 1.29 is 27.8 Å². The number of carbonyl (C=O) groups is 2. The van der Waals surface area contributed by atoms with E-state index in [1.807, 2.05) is 17.0 Å². The van der Waals surface area contributed by atoms with Gasteiger partial charge in [-0.2, -0.15) is 5.10 Å². The highest BCUT2D eigenvalue weighted by Crippen LogP contribution is 2.42. The number of ether oxygens (including phenoxy) is 2. The Kier molecular flexibility index (Phi) is 9.94. The number of anilines is 1. The molecule has 0 aliphatic carbocycles. The Morgan fingerprint density at radius 3 is 2.47 bits per heavy atom. The lowest BCUT2D eigenvalue weighted by Gasteiger charge is -2.39. The Labute approximate surface area is 320 Å². The summed E-state index contributed by atoms with van der Waals surface area (Å²) < 4.78 is 44.8. The highest BCUT2D eigenvalue weighted by atomic mass is 32.1. The number of imide groups is 1. The van der Waals surface area contributed by atoms with E-state index in [1.165, 1.54) is 15.0 Å². The summed E-state index contributed by atoms with van der Waals surface area (Å²) in [4.78, 5) is 41.7. The van der Waals surface area contributed by atoms with Crippen molar-refractivity contribution in [1.82, 2.24) is 29.9 Å². The molecular weight excluding hydrogens is 729 g/mol. The minimum atomic E-state index is -2.90. The third kappa shape index (κ3) is 7.23. The van der Waals surface area contributed by atoms with Crippen LogP contribution in [0.5, 0.6) is 11.5 Å². The van der Waals surface area contributed by atoms with Crippen LogP contribution in [0.4, 0.5) is 14.5 Å². The van der Waals surface area contributed by atoms with Gasteiger partial charge in [0.2, 0.25) is 11.8 Å². The first-order valence-electron chi connectivity index (χ1n) is 18.4. The van der Waals surface area contributed by atoms with E-state index in [4.69, 9.17) is 9.47 Å². The van der Waals surface area contributed by atoms with E-state index in [9.17, 15) is 14.4 Å². The van der Waals surface area contributed by atoms with E-state index < -0.39 is 17.9 Å². The maximum absolute atomic E-state index is 15.7. The van der Waals surface area contributed by atoms with Gasteiger partial charge < -0.3 is 19.4 Å². The molecule has 8 rings (SSSR count). The predicted molar refractivity (Wildman–Crippen MR) is 206 cm³/mol. The normalized spacial score (nSPS) is 20.3. The summed E-state index contributed by atoms with van der Waals surface area (Å²) in [6.07, 6.45) is 5.26. The zero-order valence-corrected chi connectivity index (χ0v) is 31.7. The van der Waals surface area contributed by atoms with Crippen LogP contribution in [0.2, 0.25) is 0 Å². The molecule has 3 aromatic heterocycles. The first-order chi connectivity index (χ1) is 26.5. The number of aryl methyl sites for hydroxylation is 1. The summed E-state index contributed by atoms with van der Waals surface area (Å²) in [6.45, 7) is 2.87. The Bertz CT molecular complexity index is 2300. The number of likely N-dealkylation sites (tertiary alicyclic amines) is 1. The largest absolute Gasteiger partial charge is 0.496 e. The number of piperidine rings is 2. The molecule has 3 aliphatic rings. The van der Waals surface area contributed by atoms with Crippen molar-refractivity contribution >= 4 is 39.7 Å². The van der Waals surface area contributed by atoms with Gasteiger partial charge in [-0.25, -0.2) is 8.78 Å². The molecular formula is C40H43F2N7O5S. The van der Waals surface area contributed by atoms with Crippen molar-refractivity contribution in [2.24, 2.45) is 7.05 Å². The molecule has 2 atom stereocenters. The number of carbonyl (C=O) groups excluding carboxylic acids is 2. The summed E-state index contributed by atoms with van der Waals surface area (Å²) >= 11 is 1.69. The molecule has 2 amide bonds. The van der Waals surface area contributed by atoms with Gasteiger partial charge in [0.25, 0.3) is 11.5 Å². The highest BCUT2D eigenvalue weighted by Gasteiger charge is 2.45. The molecule has 0 spiro atoms. The van der Waals surface area contributed by atoms with Crippen LogP contribution in [-0.2, 0) is 42.7 Å². The Balaban J connectivity index is 0.912. The van der Waals surface area contributed by atoms with Crippen molar-refractivity contribution in [1.29, 1.82) is 0 Å². The van der Waals surface area contributed by atoms with E-state index in [0.29, 0.717) is 60.7 Å². The summed E-state index contributed by atoms with van der Waals surface area (Å²) in [5.74, 6) is -3.09. The fourth-order valence-electron chi connectivity index (χ4n) is 8.26. The van der Waals surface area contributed by atoms with Crippen LogP contribution >= 0.6 is 11.3 Å². The number of alkyl halides is 2. The van der Waals surface area contributed by atoms with Crippen LogP contribution in [0.15, 0.2) is 59.0 Å². The van der Waals surface area contributed by atoms with E-state index >= 15 is 8.78 Å². The molecule has 5 aromatic rings. The number of nitrogens with one attached hydrogen (secondary N) is 3. The Morgan fingerprint density at radius 2 is 1.76 bits per heavy atom. The van der Waals surface area contributed by atoms with Gasteiger partial charge in [-0.15, -0.1) is 11.3 Å². The number of aromatic nitrogens is 3. The second-order valence-electron chi connectivity index (χ2n) is 14.7. The fraction of sp³-hybridized carbons (Fsp3) is 0.400. The minimum absolute atomic E-state index is 0.155. The summed E-state index contributed by atoms with van der Waals surface area (Å²) in [5.41, 5.74) is 6.51. The number of amides is 2. The number of H-pyrrole nitrogens is 1. The van der Waals surface area contributed by atoms with Crippen LogP contribution in [0, 0.1) is 0 Å². The van der Waals surface area contributed by atoms with Gasteiger partial charge in [0.05, 0.1) is 38.4 Å². The third-order valence-electron chi connectivity index (χ3n) is 11.2. The van der Waals surface area contributed by atoms with Gasteiger partial charge in [-0.05, 0) is 77.7 Å². The van der Waals surface area contributed by atoms with Crippen LogP contribution in [-0.4, -0.2) is 82.2 Å². The molecule has 55 heavy (non-hydrogen) atoms. The second-order valence-corrected chi connectivity index (χ2v) is 15.6. The van der Waals surface area contributed by atoms with Crippen LogP contribution in [0.25, 0.3) is 22.0 Å². The molecule has 0 saturated carbocycles. The number of pyridine rings is 1. The number of benzene rings is 2. The van der Waals surface area contributed by atoms with E-state index in [-0.39, 0.29) is 30.3 Å². The molecule has 3 aliphatic heterocycles. The van der Waals surface area contributed by atoms with Gasteiger partial charge in [0, 0.05) is 67.4 Å². The van der Waals surface area contributed by atoms with Gasteiger partial charge in [0.1, 0.15) is 23.1 Å². The predicted octanol–water partition coefficient (Wildman–Crippen LogP) is 5.41. The molecule has 6 heterocycles. The van der Waals surface area contributed by atoms with Crippen molar-refractivity contribution in [2.45, 2.75) is 63.2 Å². The first kappa shape index (κ1) is 36.8.